The normalized spacial score (nSPS) is 24.3. The van der Waals surface area contributed by atoms with Crippen LogP contribution in [0.15, 0.2) is 0 Å². The van der Waals surface area contributed by atoms with Gasteiger partial charge < -0.3 is 20.1 Å². The number of nitrogens with two attached hydrogens (primary N) is 1. The molecule has 0 spiro atoms. The SMILES string of the molecule is CCOCCOCC(=O)N1CCC(C)(CN)C1. The molecule has 1 saturated heterocycles. The zero-order valence-electron chi connectivity index (χ0n) is 10.9. The van der Waals surface area contributed by atoms with E-state index in [4.69, 9.17) is 15.2 Å². The molecule has 1 amide bonds. The average Bonchev–Trinajstić information content (AvgIpc) is 2.72. The largest absolute Gasteiger partial charge is 0.379 e. The first-order chi connectivity index (χ1) is 8.11. The third-order valence-electron chi connectivity index (χ3n) is 3.21. The van der Waals surface area contributed by atoms with Gasteiger partial charge in [0, 0.05) is 19.7 Å². The van der Waals surface area contributed by atoms with E-state index < -0.39 is 0 Å². The van der Waals surface area contributed by atoms with Gasteiger partial charge in [0.2, 0.25) is 5.91 Å². The van der Waals surface area contributed by atoms with E-state index in [0.717, 1.165) is 19.5 Å². The molecule has 5 heteroatoms. The maximum Gasteiger partial charge on any atom is 0.248 e. The van der Waals surface area contributed by atoms with Crippen molar-refractivity contribution in [2.75, 3.05) is 46.1 Å². The minimum atomic E-state index is 0.0543. The lowest BCUT2D eigenvalue weighted by Crippen LogP contribution is -2.36. The predicted octanol–water partition coefficient (Wildman–Crippen LogP) is 0.237. The number of likely N-dealkylation sites (tertiary alicyclic amines) is 1. The van der Waals surface area contributed by atoms with Crippen LogP contribution in [0.3, 0.4) is 0 Å². The Labute approximate surface area is 103 Å². The molecule has 1 atom stereocenters. The van der Waals surface area contributed by atoms with E-state index in [2.05, 4.69) is 6.92 Å². The quantitative estimate of drug-likeness (QED) is 0.651. The highest BCUT2D eigenvalue weighted by atomic mass is 16.5. The smallest absolute Gasteiger partial charge is 0.248 e. The van der Waals surface area contributed by atoms with Crippen molar-refractivity contribution in [1.82, 2.24) is 4.90 Å². The fourth-order valence-corrected chi connectivity index (χ4v) is 1.92. The van der Waals surface area contributed by atoms with E-state index in [9.17, 15) is 4.79 Å². The van der Waals surface area contributed by atoms with E-state index in [1.165, 1.54) is 0 Å². The third-order valence-corrected chi connectivity index (χ3v) is 3.21. The van der Waals surface area contributed by atoms with Crippen LogP contribution in [0.4, 0.5) is 0 Å². The van der Waals surface area contributed by atoms with Crippen LogP contribution in [0, 0.1) is 5.41 Å². The van der Waals surface area contributed by atoms with Gasteiger partial charge in [0.05, 0.1) is 13.2 Å². The van der Waals surface area contributed by atoms with Gasteiger partial charge in [-0.05, 0) is 25.3 Å². The van der Waals surface area contributed by atoms with Gasteiger partial charge in [-0.25, -0.2) is 0 Å². The summed E-state index contributed by atoms with van der Waals surface area (Å²) >= 11 is 0. The Morgan fingerprint density at radius 3 is 2.71 bits per heavy atom. The van der Waals surface area contributed by atoms with Crippen LogP contribution in [0.5, 0.6) is 0 Å². The van der Waals surface area contributed by atoms with Crippen molar-refractivity contribution in [3.05, 3.63) is 0 Å². The molecule has 2 N–H and O–H groups in total. The zero-order valence-corrected chi connectivity index (χ0v) is 10.9. The van der Waals surface area contributed by atoms with Crippen molar-refractivity contribution in [2.24, 2.45) is 11.1 Å². The molecule has 1 unspecified atom stereocenters. The van der Waals surface area contributed by atoms with Gasteiger partial charge in [-0.3, -0.25) is 4.79 Å². The molecule has 0 aromatic carbocycles. The summed E-state index contributed by atoms with van der Waals surface area (Å²) in [5.74, 6) is 0.0543. The van der Waals surface area contributed by atoms with Crippen molar-refractivity contribution >= 4 is 5.91 Å². The molecule has 1 fully saturated rings. The van der Waals surface area contributed by atoms with Crippen LogP contribution in [-0.2, 0) is 14.3 Å². The average molecular weight is 244 g/mol. The Morgan fingerprint density at radius 2 is 2.12 bits per heavy atom. The van der Waals surface area contributed by atoms with E-state index in [1.54, 1.807) is 0 Å². The topological polar surface area (TPSA) is 64.8 Å². The number of ether oxygens (including phenoxy) is 2. The van der Waals surface area contributed by atoms with Gasteiger partial charge in [-0.15, -0.1) is 0 Å². The van der Waals surface area contributed by atoms with Crippen LogP contribution in [-0.4, -0.2) is 56.9 Å². The summed E-state index contributed by atoms with van der Waals surface area (Å²) in [6.07, 6.45) is 0.980. The second-order valence-electron chi connectivity index (χ2n) is 4.83. The van der Waals surface area contributed by atoms with Crippen LogP contribution in [0.1, 0.15) is 20.3 Å². The van der Waals surface area contributed by atoms with E-state index in [0.29, 0.717) is 26.4 Å². The lowest BCUT2D eigenvalue weighted by atomic mass is 9.90. The minimum absolute atomic E-state index is 0.0543. The highest BCUT2D eigenvalue weighted by Crippen LogP contribution is 2.28. The first kappa shape index (κ1) is 14.4. The molecular formula is C12H24N2O3. The molecule has 1 rings (SSSR count). The summed E-state index contributed by atoms with van der Waals surface area (Å²) in [5, 5.41) is 0. The molecule has 0 saturated carbocycles. The van der Waals surface area contributed by atoms with Gasteiger partial charge in [0.15, 0.2) is 0 Å². The van der Waals surface area contributed by atoms with Crippen LogP contribution < -0.4 is 5.73 Å². The highest BCUT2D eigenvalue weighted by Gasteiger charge is 2.34. The Kier molecular flexibility index (Phi) is 5.88. The van der Waals surface area contributed by atoms with Crippen LogP contribution >= 0.6 is 0 Å². The summed E-state index contributed by atoms with van der Waals surface area (Å²) in [6.45, 7) is 8.07. The Hall–Kier alpha value is -0.650. The molecule has 0 aromatic rings. The molecule has 0 radical (unpaired) electrons. The molecule has 5 nitrogen and oxygen atoms in total. The van der Waals surface area contributed by atoms with Crippen molar-refractivity contribution in [1.29, 1.82) is 0 Å². The predicted molar refractivity (Wildman–Crippen MR) is 65.7 cm³/mol. The molecule has 0 bridgehead atoms. The van der Waals surface area contributed by atoms with Crippen molar-refractivity contribution in [2.45, 2.75) is 20.3 Å². The molecule has 100 valence electrons. The van der Waals surface area contributed by atoms with Gasteiger partial charge >= 0.3 is 0 Å². The van der Waals surface area contributed by atoms with Crippen LogP contribution in [0.25, 0.3) is 0 Å². The lowest BCUT2D eigenvalue weighted by molar-refractivity contribution is -0.135. The van der Waals surface area contributed by atoms with Gasteiger partial charge in [0.25, 0.3) is 0 Å². The summed E-state index contributed by atoms with van der Waals surface area (Å²) in [7, 11) is 0. The number of amides is 1. The van der Waals surface area contributed by atoms with E-state index in [-0.39, 0.29) is 17.9 Å². The number of hydrogen-bond donors (Lipinski definition) is 1. The summed E-state index contributed by atoms with van der Waals surface area (Å²) in [4.78, 5) is 13.6. The Bertz CT molecular complexity index is 248. The van der Waals surface area contributed by atoms with Gasteiger partial charge in [-0.1, -0.05) is 6.92 Å². The van der Waals surface area contributed by atoms with Crippen molar-refractivity contribution in [3.8, 4) is 0 Å². The van der Waals surface area contributed by atoms with Crippen molar-refractivity contribution < 1.29 is 14.3 Å². The maximum absolute atomic E-state index is 11.8. The number of carbonyl (C=O) groups is 1. The number of hydrogen-bond acceptors (Lipinski definition) is 4. The third kappa shape index (κ3) is 4.61. The lowest BCUT2D eigenvalue weighted by Gasteiger charge is -2.22. The molecule has 1 aliphatic heterocycles. The maximum atomic E-state index is 11.8. The van der Waals surface area contributed by atoms with Crippen molar-refractivity contribution in [3.63, 3.8) is 0 Å². The van der Waals surface area contributed by atoms with Gasteiger partial charge in [-0.2, -0.15) is 0 Å². The Balaban J connectivity index is 2.17. The highest BCUT2D eigenvalue weighted by molar-refractivity contribution is 5.77. The second kappa shape index (κ2) is 6.93. The standard InChI is InChI=1S/C12H24N2O3/c1-3-16-6-7-17-8-11(15)14-5-4-12(2,9-13)10-14/h3-10,13H2,1-2H3. The fourth-order valence-electron chi connectivity index (χ4n) is 1.92. The second-order valence-corrected chi connectivity index (χ2v) is 4.83. The van der Waals surface area contributed by atoms with E-state index in [1.807, 2.05) is 11.8 Å². The molecule has 0 aromatic heterocycles. The minimum Gasteiger partial charge on any atom is -0.379 e. The monoisotopic (exact) mass is 244 g/mol. The summed E-state index contributed by atoms with van der Waals surface area (Å²) in [5.41, 5.74) is 5.78. The number of carbonyl (C=O) groups excluding carboxylic acids is 1. The molecule has 1 heterocycles. The Morgan fingerprint density at radius 1 is 1.41 bits per heavy atom. The number of nitrogens with zero attached hydrogens (tertiary/aromatic N) is 1. The van der Waals surface area contributed by atoms with Gasteiger partial charge in [0.1, 0.15) is 6.61 Å². The fraction of sp³-hybridized carbons (Fsp3) is 0.917. The zero-order chi connectivity index (χ0) is 12.7. The van der Waals surface area contributed by atoms with Crippen LogP contribution in [0.2, 0.25) is 0 Å². The molecular weight excluding hydrogens is 220 g/mol. The molecule has 17 heavy (non-hydrogen) atoms. The first-order valence-electron chi connectivity index (χ1n) is 6.24. The molecule has 0 aliphatic carbocycles. The summed E-state index contributed by atoms with van der Waals surface area (Å²) in [6, 6.07) is 0. The first-order valence-corrected chi connectivity index (χ1v) is 6.24. The van der Waals surface area contributed by atoms with E-state index >= 15 is 0 Å². The summed E-state index contributed by atoms with van der Waals surface area (Å²) < 4.78 is 10.4. The number of rotatable bonds is 7. The molecule has 1 aliphatic rings.